The van der Waals surface area contributed by atoms with Crippen LogP contribution in [0.15, 0.2) is 49.1 Å². The van der Waals surface area contributed by atoms with E-state index in [1.165, 1.54) is 6.33 Å². The number of nitrogens with zero attached hydrogens (tertiary/aromatic N) is 4. The van der Waals surface area contributed by atoms with Crippen molar-refractivity contribution in [1.29, 1.82) is 0 Å². The Labute approximate surface area is 159 Å². The number of hydrogen-bond acceptors (Lipinski definition) is 5. The van der Waals surface area contributed by atoms with Gasteiger partial charge in [0.15, 0.2) is 0 Å². The van der Waals surface area contributed by atoms with Crippen molar-refractivity contribution in [3.63, 3.8) is 0 Å². The summed E-state index contributed by atoms with van der Waals surface area (Å²) in [5.74, 6) is 2.21. The van der Waals surface area contributed by atoms with E-state index in [0.29, 0.717) is 24.5 Å². The van der Waals surface area contributed by atoms with Crippen LogP contribution in [0.3, 0.4) is 0 Å². The van der Waals surface area contributed by atoms with Crippen molar-refractivity contribution in [1.82, 2.24) is 24.8 Å². The zero-order valence-corrected chi connectivity index (χ0v) is 15.8. The number of aromatic nitrogens is 4. The summed E-state index contributed by atoms with van der Waals surface area (Å²) >= 11 is 2.21. The number of nitrogens with one attached hydrogen (secondary N) is 2. The fourth-order valence-electron chi connectivity index (χ4n) is 2.27. The summed E-state index contributed by atoms with van der Waals surface area (Å²) in [7, 11) is 0. The lowest BCUT2D eigenvalue weighted by Crippen LogP contribution is -2.28. The molecule has 0 aliphatic rings. The highest BCUT2D eigenvalue weighted by molar-refractivity contribution is 14.1. The van der Waals surface area contributed by atoms with Crippen molar-refractivity contribution < 1.29 is 4.79 Å². The molecule has 7 nitrogen and oxygen atoms in total. The minimum Gasteiger partial charge on any atom is -0.368 e. The number of rotatable bonds is 6. The molecule has 8 heteroatoms. The van der Waals surface area contributed by atoms with Crippen LogP contribution in [0.25, 0.3) is 5.82 Å². The number of anilines is 1. The highest BCUT2D eigenvalue weighted by Gasteiger charge is 2.05. The van der Waals surface area contributed by atoms with Gasteiger partial charge in [-0.3, -0.25) is 9.36 Å². The van der Waals surface area contributed by atoms with Gasteiger partial charge in [0.05, 0.1) is 0 Å². The fourth-order valence-corrected chi connectivity index (χ4v) is 2.63. The van der Waals surface area contributed by atoms with Gasteiger partial charge in [0.25, 0.3) is 5.91 Å². The highest BCUT2D eigenvalue weighted by Crippen LogP contribution is 2.10. The normalized spacial score (nSPS) is 10.5. The van der Waals surface area contributed by atoms with E-state index >= 15 is 0 Å². The number of carbonyl (C=O) groups excluding carboxylic acids is 1. The lowest BCUT2D eigenvalue weighted by atomic mass is 10.2. The SMILES string of the molecule is Cc1nccn1-c1cc(NCCNC(=O)c2ccc(I)cc2)ncn1. The maximum Gasteiger partial charge on any atom is 0.251 e. The molecule has 0 fully saturated rings. The van der Waals surface area contributed by atoms with E-state index in [1.807, 2.05) is 48.0 Å². The predicted octanol–water partition coefficient (Wildman–Crippen LogP) is 2.42. The van der Waals surface area contributed by atoms with Crippen LogP contribution in [-0.4, -0.2) is 38.5 Å². The van der Waals surface area contributed by atoms with Gasteiger partial charge in [-0.1, -0.05) is 0 Å². The minimum atomic E-state index is -0.0874. The summed E-state index contributed by atoms with van der Waals surface area (Å²) < 4.78 is 2.98. The second-order valence-electron chi connectivity index (χ2n) is 5.30. The summed E-state index contributed by atoms with van der Waals surface area (Å²) in [4.78, 5) is 24.7. The third-order valence-electron chi connectivity index (χ3n) is 3.55. The standard InChI is InChI=1S/C17H17IN6O/c1-12-19-8-9-24(12)16-10-15(22-11-23-16)20-6-7-21-17(25)13-2-4-14(18)5-3-13/h2-5,8-11H,6-7H2,1H3,(H,21,25)(H,20,22,23). The van der Waals surface area contributed by atoms with Crippen molar-refractivity contribution in [2.75, 3.05) is 18.4 Å². The van der Waals surface area contributed by atoms with Crippen LogP contribution in [0, 0.1) is 10.5 Å². The quantitative estimate of drug-likeness (QED) is 0.447. The fraction of sp³-hybridized carbons (Fsp3) is 0.176. The molecule has 0 aliphatic carbocycles. The minimum absolute atomic E-state index is 0.0874. The second kappa shape index (κ2) is 8.06. The molecule has 0 saturated carbocycles. The zero-order chi connectivity index (χ0) is 17.6. The van der Waals surface area contributed by atoms with Gasteiger partial charge in [-0.25, -0.2) is 15.0 Å². The summed E-state index contributed by atoms with van der Waals surface area (Å²) in [5, 5.41) is 6.06. The Kier molecular flexibility index (Phi) is 5.59. The Balaban J connectivity index is 1.52. The first-order chi connectivity index (χ1) is 12.1. The molecule has 1 aromatic carbocycles. The number of imidazole rings is 1. The molecule has 3 rings (SSSR count). The van der Waals surface area contributed by atoms with Gasteiger partial charge >= 0.3 is 0 Å². The number of aryl methyl sites for hydroxylation is 1. The first-order valence-electron chi connectivity index (χ1n) is 7.73. The van der Waals surface area contributed by atoms with E-state index in [4.69, 9.17) is 0 Å². The van der Waals surface area contributed by atoms with Gasteiger partial charge in [-0.2, -0.15) is 0 Å². The number of benzene rings is 1. The third-order valence-corrected chi connectivity index (χ3v) is 4.27. The first kappa shape index (κ1) is 17.3. The van der Waals surface area contributed by atoms with Crippen LogP contribution < -0.4 is 10.6 Å². The molecular weight excluding hydrogens is 431 g/mol. The molecule has 1 amide bonds. The van der Waals surface area contributed by atoms with Crippen molar-refractivity contribution in [2.24, 2.45) is 0 Å². The van der Waals surface area contributed by atoms with Crippen molar-refractivity contribution in [2.45, 2.75) is 6.92 Å². The number of hydrogen-bond donors (Lipinski definition) is 2. The Hall–Kier alpha value is -2.49. The summed E-state index contributed by atoms with van der Waals surface area (Å²) in [6.45, 7) is 2.97. The van der Waals surface area contributed by atoms with Crippen LogP contribution in [-0.2, 0) is 0 Å². The van der Waals surface area contributed by atoms with E-state index in [-0.39, 0.29) is 5.91 Å². The highest BCUT2D eigenvalue weighted by atomic mass is 127. The van der Waals surface area contributed by atoms with E-state index in [9.17, 15) is 4.79 Å². The van der Waals surface area contributed by atoms with Crippen molar-refractivity contribution in [3.8, 4) is 5.82 Å². The molecule has 25 heavy (non-hydrogen) atoms. The second-order valence-corrected chi connectivity index (χ2v) is 6.54. The number of halogens is 1. The van der Waals surface area contributed by atoms with Crippen LogP contribution in [0.2, 0.25) is 0 Å². The Morgan fingerprint density at radius 3 is 2.68 bits per heavy atom. The molecule has 0 aliphatic heterocycles. The maximum absolute atomic E-state index is 12.0. The van der Waals surface area contributed by atoms with E-state index in [1.54, 1.807) is 6.20 Å². The molecule has 2 N–H and O–H groups in total. The lowest BCUT2D eigenvalue weighted by molar-refractivity contribution is 0.0955. The largest absolute Gasteiger partial charge is 0.368 e. The van der Waals surface area contributed by atoms with Gasteiger partial charge in [0.2, 0.25) is 0 Å². The molecule has 3 aromatic rings. The summed E-state index contributed by atoms with van der Waals surface area (Å²) in [6.07, 6.45) is 5.08. The Morgan fingerprint density at radius 2 is 1.96 bits per heavy atom. The zero-order valence-electron chi connectivity index (χ0n) is 13.6. The molecule has 2 heterocycles. The number of carbonyl (C=O) groups is 1. The third kappa shape index (κ3) is 4.53. The van der Waals surface area contributed by atoms with Crippen molar-refractivity contribution >= 4 is 34.3 Å². The monoisotopic (exact) mass is 448 g/mol. The Morgan fingerprint density at radius 1 is 1.16 bits per heavy atom. The van der Waals surface area contributed by atoms with Gasteiger partial charge in [-0.15, -0.1) is 0 Å². The topological polar surface area (TPSA) is 84.7 Å². The van der Waals surface area contributed by atoms with E-state index < -0.39 is 0 Å². The molecule has 0 unspecified atom stereocenters. The van der Waals surface area contributed by atoms with Crippen LogP contribution >= 0.6 is 22.6 Å². The van der Waals surface area contributed by atoms with Gasteiger partial charge in [0.1, 0.15) is 23.8 Å². The number of amides is 1. The van der Waals surface area contributed by atoms with Crippen LogP contribution in [0.5, 0.6) is 0 Å². The van der Waals surface area contributed by atoms with Crippen LogP contribution in [0.1, 0.15) is 16.2 Å². The first-order valence-corrected chi connectivity index (χ1v) is 8.81. The summed E-state index contributed by atoms with van der Waals surface area (Å²) in [6, 6.07) is 9.29. The van der Waals surface area contributed by atoms with Crippen molar-refractivity contribution in [3.05, 3.63) is 64.0 Å². The molecule has 0 saturated heterocycles. The average Bonchev–Trinajstić information content (AvgIpc) is 3.05. The molecule has 0 atom stereocenters. The molecule has 0 spiro atoms. The van der Waals surface area contributed by atoms with Crippen LogP contribution in [0.4, 0.5) is 5.82 Å². The van der Waals surface area contributed by atoms with Gasteiger partial charge in [-0.05, 0) is 53.8 Å². The maximum atomic E-state index is 12.0. The van der Waals surface area contributed by atoms with E-state index in [0.717, 1.165) is 15.2 Å². The summed E-state index contributed by atoms with van der Waals surface area (Å²) in [5.41, 5.74) is 0.653. The molecule has 2 aromatic heterocycles. The molecular formula is C17H17IN6O. The molecule has 128 valence electrons. The molecule has 0 bridgehead atoms. The smallest absolute Gasteiger partial charge is 0.251 e. The van der Waals surface area contributed by atoms with Gasteiger partial charge in [0, 0.05) is 40.7 Å². The average molecular weight is 448 g/mol. The van der Waals surface area contributed by atoms with E-state index in [2.05, 4.69) is 48.2 Å². The Bertz CT molecular complexity index is 862. The lowest BCUT2D eigenvalue weighted by Gasteiger charge is -2.09. The van der Waals surface area contributed by atoms with Gasteiger partial charge < -0.3 is 10.6 Å². The predicted molar refractivity (Wildman–Crippen MR) is 104 cm³/mol. The molecule has 0 radical (unpaired) electrons.